The van der Waals surface area contributed by atoms with Gasteiger partial charge in [0.05, 0.1) is 23.7 Å². The van der Waals surface area contributed by atoms with Crippen LogP contribution in [0, 0.1) is 11.3 Å². The number of carbonyl (C=O) groups is 1. The summed E-state index contributed by atoms with van der Waals surface area (Å²) >= 11 is 1.48. The van der Waals surface area contributed by atoms with Crippen LogP contribution >= 0.6 is 11.3 Å². The molecule has 1 saturated heterocycles. The molecule has 0 spiro atoms. The van der Waals surface area contributed by atoms with E-state index in [0.29, 0.717) is 28.3 Å². The van der Waals surface area contributed by atoms with E-state index in [4.69, 9.17) is 9.72 Å². The summed E-state index contributed by atoms with van der Waals surface area (Å²) < 4.78 is 7.73. The van der Waals surface area contributed by atoms with Crippen LogP contribution in [0.4, 0.5) is 10.7 Å². The Balaban J connectivity index is 1.71. The third-order valence-electron chi connectivity index (χ3n) is 5.90. The van der Waals surface area contributed by atoms with Gasteiger partial charge in [-0.3, -0.25) is 9.36 Å². The molecule has 1 unspecified atom stereocenters. The third-order valence-corrected chi connectivity index (χ3v) is 7.16. The lowest BCUT2D eigenvalue weighted by Crippen LogP contribution is -2.50. The normalized spacial score (nSPS) is 16.2. The van der Waals surface area contributed by atoms with Crippen molar-refractivity contribution in [3.63, 3.8) is 0 Å². The van der Waals surface area contributed by atoms with Crippen LogP contribution in [0.2, 0.25) is 0 Å². The van der Waals surface area contributed by atoms with Gasteiger partial charge in [-0.2, -0.15) is 5.26 Å². The Bertz CT molecular complexity index is 1330. The number of anilines is 1. The Kier molecular flexibility index (Phi) is 7.13. The van der Waals surface area contributed by atoms with Crippen molar-refractivity contribution in [1.82, 2.24) is 14.9 Å². The second kappa shape index (κ2) is 10.1. The molecule has 0 aliphatic carbocycles. The average Bonchev–Trinajstić information content (AvgIpc) is 3.23. The summed E-state index contributed by atoms with van der Waals surface area (Å²) in [6.07, 6.45) is 2.04. The van der Waals surface area contributed by atoms with Gasteiger partial charge in [0.2, 0.25) is 5.95 Å². The predicted molar refractivity (Wildman–Crippen MR) is 138 cm³/mol. The predicted octanol–water partition coefficient (Wildman–Crippen LogP) is 4.43. The van der Waals surface area contributed by atoms with Gasteiger partial charge in [-0.1, -0.05) is 25.1 Å². The molecular weight excluding hydrogens is 462 g/mol. The summed E-state index contributed by atoms with van der Waals surface area (Å²) in [4.78, 5) is 34.1. The molecule has 2 aromatic heterocycles. The number of thiophene rings is 1. The molecule has 1 aliphatic rings. The molecule has 1 amide bonds. The minimum Gasteiger partial charge on any atom is -0.444 e. The van der Waals surface area contributed by atoms with Crippen LogP contribution in [0.15, 0.2) is 35.1 Å². The highest BCUT2D eigenvalue weighted by Gasteiger charge is 2.27. The van der Waals surface area contributed by atoms with Crippen LogP contribution in [0.3, 0.4) is 0 Å². The summed E-state index contributed by atoms with van der Waals surface area (Å²) in [6, 6.07) is 11.4. The maximum atomic E-state index is 13.7. The van der Waals surface area contributed by atoms with Crippen LogP contribution in [-0.2, 0) is 17.7 Å². The number of carbonyl (C=O) groups excluding carboxylic acids is 1. The van der Waals surface area contributed by atoms with Crippen molar-refractivity contribution < 1.29 is 9.53 Å². The van der Waals surface area contributed by atoms with Gasteiger partial charge in [0.1, 0.15) is 10.3 Å². The lowest BCUT2D eigenvalue weighted by molar-refractivity contribution is 0.0499. The first-order chi connectivity index (χ1) is 16.7. The number of nitrogens with one attached hydrogen (secondary N) is 1. The highest BCUT2D eigenvalue weighted by atomic mass is 32.1. The van der Waals surface area contributed by atoms with Gasteiger partial charge in [-0.15, -0.1) is 11.3 Å². The van der Waals surface area contributed by atoms with Crippen molar-refractivity contribution in [2.24, 2.45) is 0 Å². The fourth-order valence-electron chi connectivity index (χ4n) is 4.30. The van der Waals surface area contributed by atoms with Crippen molar-refractivity contribution in [2.45, 2.75) is 65.1 Å². The maximum Gasteiger partial charge on any atom is 0.407 e. The first-order valence-corrected chi connectivity index (χ1v) is 12.8. The Morgan fingerprint density at radius 2 is 2.11 bits per heavy atom. The molecular formula is C26H31N5O3S. The van der Waals surface area contributed by atoms with E-state index in [1.807, 2.05) is 45.0 Å². The van der Waals surface area contributed by atoms with Crippen molar-refractivity contribution in [3.05, 3.63) is 56.7 Å². The molecule has 9 heteroatoms. The second-order valence-electron chi connectivity index (χ2n) is 9.78. The number of fused-ring (bicyclic) bond motifs is 1. The van der Waals surface area contributed by atoms with E-state index in [0.717, 1.165) is 36.2 Å². The summed E-state index contributed by atoms with van der Waals surface area (Å²) in [6.45, 7) is 9.05. The number of ether oxygens (including phenoxy) is 1. The summed E-state index contributed by atoms with van der Waals surface area (Å²) in [5.74, 6) is 0.561. The van der Waals surface area contributed by atoms with Crippen molar-refractivity contribution >= 4 is 33.6 Å². The van der Waals surface area contributed by atoms with Crippen LogP contribution in [0.5, 0.6) is 0 Å². The van der Waals surface area contributed by atoms with Crippen LogP contribution in [-0.4, -0.2) is 40.4 Å². The van der Waals surface area contributed by atoms with Crippen molar-refractivity contribution in [2.75, 3.05) is 18.0 Å². The second-order valence-corrected chi connectivity index (χ2v) is 10.9. The topological polar surface area (TPSA) is 100 Å². The Hall–Kier alpha value is -3.38. The number of aromatic nitrogens is 2. The Labute approximate surface area is 209 Å². The van der Waals surface area contributed by atoms with Crippen LogP contribution < -0.4 is 15.8 Å². The molecule has 3 aromatic rings. The molecule has 1 fully saturated rings. The summed E-state index contributed by atoms with van der Waals surface area (Å²) in [5.41, 5.74) is 1.32. The number of alkyl carbamates (subject to hydrolysis) is 1. The largest absolute Gasteiger partial charge is 0.444 e. The third kappa shape index (κ3) is 5.65. The minimum atomic E-state index is -0.574. The molecule has 1 aromatic carbocycles. The zero-order chi connectivity index (χ0) is 25.2. The Morgan fingerprint density at radius 3 is 2.83 bits per heavy atom. The van der Waals surface area contributed by atoms with E-state index < -0.39 is 11.7 Å². The van der Waals surface area contributed by atoms with Gasteiger partial charge >= 0.3 is 6.09 Å². The van der Waals surface area contributed by atoms with Crippen molar-refractivity contribution in [3.8, 4) is 6.07 Å². The van der Waals surface area contributed by atoms with Crippen LogP contribution in [0.25, 0.3) is 10.2 Å². The highest BCUT2D eigenvalue weighted by Crippen LogP contribution is 2.26. The molecule has 35 heavy (non-hydrogen) atoms. The molecule has 0 bridgehead atoms. The number of hydrogen-bond donors (Lipinski definition) is 1. The molecule has 8 nitrogen and oxygen atoms in total. The number of hydrogen-bond acceptors (Lipinski definition) is 7. The lowest BCUT2D eigenvalue weighted by Gasteiger charge is -2.35. The fraction of sp³-hybridized carbons (Fsp3) is 0.462. The zero-order valence-electron chi connectivity index (χ0n) is 20.6. The van der Waals surface area contributed by atoms with E-state index in [1.165, 1.54) is 11.3 Å². The molecule has 4 rings (SSSR count). The quantitative estimate of drug-likeness (QED) is 0.564. The number of aryl methyl sites for hydroxylation is 1. The standard InChI is InChI=1S/C26H31N5O3S/c1-5-20-13-21-22(35-20)23(32)31(15-18-10-7-6-9-17(18)14-27)24(29-21)30-12-8-11-19(16-30)28-25(33)34-26(2,3)4/h6-7,9-10,13,19H,5,8,11-12,15-16H2,1-4H3,(H,28,33). The van der Waals surface area contributed by atoms with Crippen molar-refractivity contribution in [1.29, 1.82) is 5.26 Å². The number of rotatable bonds is 5. The molecule has 1 atom stereocenters. The first kappa shape index (κ1) is 24.7. The maximum absolute atomic E-state index is 13.7. The average molecular weight is 494 g/mol. The monoisotopic (exact) mass is 493 g/mol. The van der Waals surface area contributed by atoms with E-state index in [-0.39, 0.29) is 18.1 Å². The molecule has 0 radical (unpaired) electrons. The number of nitrogens with zero attached hydrogens (tertiary/aromatic N) is 4. The zero-order valence-corrected chi connectivity index (χ0v) is 21.4. The molecule has 1 N–H and O–H groups in total. The summed E-state index contributed by atoms with van der Waals surface area (Å²) in [5, 5.41) is 12.5. The SMILES string of the molecule is CCc1cc2nc(N3CCCC(NC(=O)OC(C)(C)C)C3)n(Cc3ccccc3C#N)c(=O)c2s1. The van der Waals surface area contributed by atoms with E-state index in [9.17, 15) is 14.9 Å². The molecule has 3 heterocycles. The van der Waals surface area contributed by atoms with Gasteiger partial charge in [0.25, 0.3) is 5.56 Å². The fourth-order valence-corrected chi connectivity index (χ4v) is 5.28. The number of benzene rings is 1. The lowest BCUT2D eigenvalue weighted by atomic mass is 10.1. The van der Waals surface area contributed by atoms with Gasteiger partial charge in [-0.05, 0) is 57.7 Å². The van der Waals surface area contributed by atoms with Gasteiger partial charge in [-0.25, -0.2) is 9.78 Å². The van der Waals surface area contributed by atoms with Gasteiger partial charge < -0.3 is 15.0 Å². The minimum absolute atomic E-state index is 0.107. The molecule has 0 saturated carbocycles. The summed E-state index contributed by atoms with van der Waals surface area (Å²) in [7, 11) is 0. The van der Waals surface area contributed by atoms with Gasteiger partial charge in [0.15, 0.2) is 0 Å². The van der Waals surface area contributed by atoms with E-state index >= 15 is 0 Å². The number of amides is 1. The molecule has 184 valence electrons. The number of nitriles is 1. The van der Waals surface area contributed by atoms with Crippen LogP contribution in [0.1, 0.15) is 56.5 Å². The van der Waals surface area contributed by atoms with Gasteiger partial charge in [0, 0.05) is 24.0 Å². The number of piperidine rings is 1. The highest BCUT2D eigenvalue weighted by molar-refractivity contribution is 7.18. The Morgan fingerprint density at radius 1 is 1.34 bits per heavy atom. The molecule has 1 aliphatic heterocycles. The van der Waals surface area contributed by atoms with E-state index in [1.54, 1.807) is 10.6 Å². The van der Waals surface area contributed by atoms with E-state index in [2.05, 4.69) is 23.2 Å². The first-order valence-electron chi connectivity index (χ1n) is 11.9. The smallest absolute Gasteiger partial charge is 0.407 e.